The summed E-state index contributed by atoms with van der Waals surface area (Å²) >= 11 is 0. The third kappa shape index (κ3) is 5.13. The van der Waals surface area contributed by atoms with Gasteiger partial charge in [-0.3, -0.25) is 0 Å². The number of rotatable bonds is 9. The van der Waals surface area contributed by atoms with Crippen LogP contribution in [0.25, 0.3) is 0 Å². The van der Waals surface area contributed by atoms with E-state index in [1.165, 1.54) is 0 Å². The topological polar surface area (TPSA) is 74.6 Å². The maximum absolute atomic E-state index is 12.7. The first-order valence-corrected chi connectivity index (χ1v) is 12.1. The van der Waals surface area contributed by atoms with Crippen molar-refractivity contribution in [3.63, 3.8) is 0 Å². The van der Waals surface area contributed by atoms with Crippen LogP contribution in [-0.4, -0.2) is 36.6 Å². The summed E-state index contributed by atoms with van der Waals surface area (Å²) < 4.78 is 25.3. The van der Waals surface area contributed by atoms with Gasteiger partial charge in [0.1, 0.15) is 0 Å². The Hall–Kier alpha value is -1.43. The number of fused-ring (bicyclic) bond motifs is 1. The standard InChI is InChI=1S/C23H32O4S/c1-2-3-5-8-19(24)11-12-21-22-14-17(13-18(22)15-23(21)25)16-28(26,27)20-9-6-4-7-10-20/h4,6-7,9-13,18-19,21-25H,2-3,5,8,14-16H2,1H3/b12-11+/t18-,19-,21-,22-,23+/m0/s1. The molecule has 0 aromatic heterocycles. The molecule has 0 spiro atoms. The lowest BCUT2D eigenvalue weighted by Gasteiger charge is -2.19. The number of hydrogen-bond acceptors (Lipinski definition) is 4. The van der Waals surface area contributed by atoms with Gasteiger partial charge in [-0.05, 0) is 43.2 Å². The van der Waals surface area contributed by atoms with Gasteiger partial charge in [-0.15, -0.1) is 0 Å². The Kier molecular flexibility index (Phi) is 7.13. The van der Waals surface area contributed by atoms with Crippen LogP contribution in [0.15, 0.2) is 59.0 Å². The molecule has 0 saturated heterocycles. The molecule has 1 aromatic rings. The van der Waals surface area contributed by atoms with E-state index in [2.05, 4.69) is 13.0 Å². The fraction of sp³-hybridized carbons (Fsp3) is 0.565. The second kappa shape index (κ2) is 9.38. The SMILES string of the molecule is CCCCC[C@H](O)/C=C/[C@H]1[C@H]2CC(CS(=O)(=O)c3ccccc3)=C[C@H]2C[C@H]1O. The Balaban J connectivity index is 1.61. The number of sulfone groups is 1. The summed E-state index contributed by atoms with van der Waals surface area (Å²) in [5, 5.41) is 20.6. The molecule has 0 bridgehead atoms. The van der Waals surface area contributed by atoms with Gasteiger partial charge in [0, 0.05) is 5.92 Å². The van der Waals surface area contributed by atoms with E-state index in [0.717, 1.165) is 31.3 Å². The molecule has 0 radical (unpaired) electrons. The number of allylic oxidation sites excluding steroid dienone is 1. The first-order chi connectivity index (χ1) is 13.4. The second-order valence-corrected chi connectivity index (χ2v) is 10.2. The predicted molar refractivity (Wildman–Crippen MR) is 112 cm³/mol. The largest absolute Gasteiger partial charge is 0.392 e. The smallest absolute Gasteiger partial charge is 0.182 e. The third-order valence-electron chi connectivity index (χ3n) is 6.09. The van der Waals surface area contributed by atoms with Gasteiger partial charge in [-0.2, -0.15) is 0 Å². The third-order valence-corrected chi connectivity index (χ3v) is 7.83. The summed E-state index contributed by atoms with van der Waals surface area (Å²) in [6, 6.07) is 8.58. The normalized spacial score (nSPS) is 28.5. The van der Waals surface area contributed by atoms with Crippen molar-refractivity contribution in [2.75, 3.05) is 5.75 Å². The van der Waals surface area contributed by atoms with Gasteiger partial charge in [-0.1, -0.05) is 68.2 Å². The number of hydrogen-bond donors (Lipinski definition) is 2. The van der Waals surface area contributed by atoms with Gasteiger partial charge in [0.05, 0.1) is 22.9 Å². The molecule has 5 atom stereocenters. The molecule has 2 N–H and O–H groups in total. The van der Waals surface area contributed by atoms with Crippen LogP contribution in [0.3, 0.4) is 0 Å². The zero-order valence-electron chi connectivity index (χ0n) is 16.6. The van der Waals surface area contributed by atoms with Crippen molar-refractivity contribution < 1.29 is 18.6 Å². The number of aliphatic hydroxyl groups is 2. The molecular formula is C23H32O4S. The summed E-state index contributed by atoms with van der Waals surface area (Å²) in [6.45, 7) is 2.14. The summed E-state index contributed by atoms with van der Waals surface area (Å²) in [6.07, 6.45) is 10.3. The number of benzene rings is 1. The molecule has 28 heavy (non-hydrogen) atoms. The van der Waals surface area contributed by atoms with E-state index >= 15 is 0 Å². The van der Waals surface area contributed by atoms with E-state index in [0.29, 0.717) is 17.7 Å². The Morgan fingerprint density at radius 3 is 2.68 bits per heavy atom. The van der Waals surface area contributed by atoms with Crippen LogP contribution >= 0.6 is 0 Å². The predicted octanol–water partition coefficient (Wildman–Crippen LogP) is 3.90. The first-order valence-electron chi connectivity index (χ1n) is 10.4. The average molecular weight is 405 g/mol. The van der Waals surface area contributed by atoms with E-state index in [9.17, 15) is 18.6 Å². The lowest BCUT2D eigenvalue weighted by Crippen LogP contribution is -2.19. The zero-order chi connectivity index (χ0) is 20.1. The maximum Gasteiger partial charge on any atom is 0.182 e. The van der Waals surface area contributed by atoms with E-state index in [-0.39, 0.29) is 23.5 Å². The van der Waals surface area contributed by atoms with Crippen LogP contribution in [0.5, 0.6) is 0 Å². The highest BCUT2D eigenvalue weighted by Crippen LogP contribution is 2.47. The van der Waals surface area contributed by atoms with Crippen LogP contribution in [0.1, 0.15) is 45.4 Å². The minimum atomic E-state index is -3.33. The Labute approximate surface area is 168 Å². The molecule has 154 valence electrons. The molecule has 1 fully saturated rings. The number of aliphatic hydroxyl groups excluding tert-OH is 2. The fourth-order valence-electron chi connectivity index (χ4n) is 4.62. The van der Waals surface area contributed by atoms with E-state index in [4.69, 9.17) is 0 Å². The molecule has 4 nitrogen and oxygen atoms in total. The molecule has 0 aliphatic heterocycles. The molecule has 2 aliphatic rings. The maximum atomic E-state index is 12.7. The van der Waals surface area contributed by atoms with Gasteiger partial charge in [0.25, 0.3) is 0 Å². The van der Waals surface area contributed by atoms with Crippen LogP contribution in [0.4, 0.5) is 0 Å². The van der Waals surface area contributed by atoms with E-state index in [1.807, 2.05) is 18.2 Å². The molecule has 1 saturated carbocycles. The minimum absolute atomic E-state index is 0.0148. The zero-order valence-corrected chi connectivity index (χ0v) is 17.4. The molecule has 5 heteroatoms. The second-order valence-electron chi connectivity index (χ2n) is 8.26. The van der Waals surface area contributed by atoms with Gasteiger partial charge in [0.2, 0.25) is 0 Å². The highest BCUT2D eigenvalue weighted by atomic mass is 32.2. The summed E-state index contributed by atoms with van der Waals surface area (Å²) in [5.74, 6) is 0.493. The van der Waals surface area contributed by atoms with Crippen molar-refractivity contribution in [1.82, 2.24) is 0 Å². The molecule has 0 unspecified atom stereocenters. The molecular weight excluding hydrogens is 372 g/mol. The monoisotopic (exact) mass is 404 g/mol. The van der Waals surface area contributed by atoms with Crippen molar-refractivity contribution in [3.05, 3.63) is 54.1 Å². The van der Waals surface area contributed by atoms with Gasteiger partial charge in [0.15, 0.2) is 9.84 Å². The van der Waals surface area contributed by atoms with Crippen molar-refractivity contribution in [1.29, 1.82) is 0 Å². The lowest BCUT2D eigenvalue weighted by molar-refractivity contribution is 0.140. The fourth-order valence-corrected chi connectivity index (χ4v) is 6.06. The van der Waals surface area contributed by atoms with Gasteiger partial charge < -0.3 is 10.2 Å². The molecule has 2 aliphatic carbocycles. The average Bonchev–Trinajstić information content (AvgIpc) is 3.16. The Bertz CT molecular complexity index is 797. The van der Waals surface area contributed by atoms with Gasteiger partial charge in [-0.25, -0.2) is 8.42 Å². The highest BCUT2D eigenvalue weighted by molar-refractivity contribution is 7.91. The van der Waals surface area contributed by atoms with Crippen LogP contribution in [0, 0.1) is 17.8 Å². The first kappa shape index (κ1) is 21.3. The van der Waals surface area contributed by atoms with Crippen molar-refractivity contribution in [3.8, 4) is 0 Å². The Morgan fingerprint density at radius 1 is 1.21 bits per heavy atom. The van der Waals surface area contributed by atoms with Crippen LogP contribution < -0.4 is 0 Å². The van der Waals surface area contributed by atoms with E-state index in [1.54, 1.807) is 24.3 Å². The van der Waals surface area contributed by atoms with Gasteiger partial charge >= 0.3 is 0 Å². The van der Waals surface area contributed by atoms with Crippen LogP contribution in [-0.2, 0) is 9.84 Å². The minimum Gasteiger partial charge on any atom is -0.392 e. The van der Waals surface area contributed by atoms with Crippen molar-refractivity contribution in [2.45, 2.75) is 62.6 Å². The summed E-state index contributed by atoms with van der Waals surface area (Å²) in [4.78, 5) is 0.361. The summed E-state index contributed by atoms with van der Waals surface area (Å²) in [7, 11) is -3.33. The molecule has 0 heterocycles. The molecule has 3 rings (SSSR count). The van der Waals surface area contributed by atoms with Crippen molar-refractivity contribution in [2.24, 2.45) is 17.8 Å². The lowest BCUT2D eigenvalue weighted by atomic mass is 9.89. The Morgan fingerprint density at radius 2 is 1.96 bits per heavy atom. The van der Waals surface area contributed by atoms with Crippen LogP contribution in [0.2, 0.25) is 0 Å². The summed E-state index contributed by atoms with van der Waals surface area (Å²) in [5.41, 5.74) is 0.952. The molecule has 1 aromatic carbocycles. The van der Waals surface area contributed by atoms with Crippen molar-refractivity contribution >= 4 is 9.84 Å². The quantitative estimate of drug-likeness (QED) is 0.483. The molecule has 0 amide bonds. The number of unbranched alkanes of at least 4 members (excludes halogenated alkanes) is 2. The van der Waals surface area contributed by atoms with E-state index < -0.39 is 22.0 Å². The highest BCUT2D eigenvalue weighted by Gasteiger charge is 2.43.